The van der Waals surface area contributed by atoms with Crippen LogP contribution in [0.25, 0.3) is 0 Å². The molecule has 2 fully saturated rings. The van der Waals surface area contributed by atoms with Crippen molar-refractivity contribution in [1.82, 2.24) is 4.90 Å². The standard InChI is InChI=1S/C10H19N/c1-8(2)9-6-10(4-5-10)7-11(9)3/h8-9H,4-7H2,1-3H3. The Labute approximate surface area is 69.8 Å². The number of nitrogens with zero attached hydrogens (tertiary/aromatic N) is 1. The summed E-state index contributed by atoms with van der Waals surface area (Å²) in [5, 5.41) is 0. The minimum Gasteiger partial charge on any atom is -0.303 e. The lowest BCUT2D eigenvalue weighted by molar-refractivity contribution is 0.249. The van der Waals surface area contributed by atoms with Gasteiger partial charge in [0.2, 0.25) is 0 Å². The van der Waals surface area contributed by atoms with Crippen molar-refractivity contribution >= 4 is 0 Å². The van der Waals surface area contributed by atoms with Gasteiger partial charge in [-0.3, -0.25) is 0 Å². The van der Waals surface area contributed by atoms with Crippen LogP contribution in [0, 0.1) is 11.3 Å². The normalized spacial score (nSPS) is 35.5. The number of likely N-dealkylation sites (tertiary alicyclic amines) is 1. The average molecular weight is 153 g/mol. The molecular weight excluding hydrogens is 134 g/mol. The van der Waals surface area contributed by atoms with Gasteiger partial charge < -0.3 is 4.90 Å². The summed E-state index contributed by atoms with van der Waals surface area (Å²) in [4.78, 5) is 2.57. The Kier molecular flexibility index (Phi) is 1.54. The van der Waals surface area contributed by atoms with Crippen LogP contribution >= 0.6 is 0 Å². The first-order valence-corrected chi connectivity index (χ1v) is 4.83. The van der Waals surface area contributed by atoms with Crippen molar-refractivity contribution < 1.29 is 0 Å². The van der Waals surface area contributed by atoms with Crippen LogP contribution in [0.3, 0.4) is 0 Å². The van der Waals surface area contributed by atoms with Crippen molar-refractivity contribution in [2.24, 2.45) is 11.3 Å². The molecule has 1 aliphatic heterocycles. The number of hydrogen-bond acceptors (Lipinski definition) is 1. The summed E-state index contributed by atoms with van der Waals surface area (Å²) in [6.07, 6.45) is 4.47. The lowest BCUT2D eigenvalue weighted by Crippen LogP contribution is -2.29. The minimum absolute atomic E-state index is 0.795. The Morgan fingerprint density at radius 2 is 2.00 bits per heavy atom. The van der Waals surface area contributed by atoms with Crippen molar-refractivity contribution in [2.45, 2.75) is 39.2 Å². The molecule has 1 spiro atoms. The van der Waals surface area contributed by atoms with E-state index in [1.807, 2.05) is 0 Å². The summed E-state index contributed by atoms with van der Waals surface area (Å²) in [6.45, 7) is 6.07. The summed E-state index contributed by atoms with van der Waals surface area (Å²) < 4.78 is 0. The molecule has 1 heteroatoms. The molecule has 1 aliphatic carbocycles. The minimum atomic E-state index is 0.795. The monoisotopic (exact) mass is 153 g/mol. The Morgan fingerprint density at radius 3 is 2.27 bits per heavy atom. The molecule has 0 aromatic carbocycles. The maximum absolute atomic E-state index is 2.57. The van der Waals surface area contributed by atoms with Crippen LogP contribution in [0.15, 0.2) is 0 Å². The molecule has 0 amide bonds. The average Bonchev–Trinajstić information content (AvgIpc) is 2.54. The van der Waals surface area contributed by atoms with E-state index in [0.29, 0.717) is 0 Å². The molecular formula is C10H19N. The van der Waals surface area contributed by atoms with E-state index in [4.69, 9.17) is 0 Å². The second-order valence-electron chi connectivity index (χ2n) is 4.93. The largest absolute Gasteiger partial charge is 0.303 e. The van der Waals surface area contributed by atoms with Gasteiger partial charge in [0.15, 0.2) is 0 Å². The Hall–Kier alpha value is -0.0400. The highest BCUT2D eigenvalue weighted by molar-refractivity contribution is 5.04. The molecule has 0 N–H and O–H groups in total. The molecule has 0 radical (unpaired) electrons. The van der Waals surface area contributed by atoms with Crippen LogP contribution in [0.4, 0.5) is 0 Å². The first-order chi connectivity index (χ1) is 5.13. The summed E-state index contributed by atoms with van der Waals surface area (Å²) in [5.41, 5.74) is 0.795. The molecule has 1 atom stereocenters. The lowest BCUT2D eigenvalue weighted by Gasteiger charge is -2.22. The zero-order chi connectivity index (χ0) is 8.06. The van der Waals surface area contributed by atoms with E-state index in [2.05, 4.69) is 25.8 Å². The van der Waals surface area contributed by atoms with E-state index < -0.39 is 0 Å². The van der Waals surface area contributed by atoms with E-state index in [1.54, 1.807) is 0 Å². The van der Waals surface area contributed by atoms with Gasteiger partial charge in [0.25, 0.3) is 0 Å². The molecule has 0 bridgehead atoms. The topological polar surface area (TPSA) is 3.24 Å². The fourth-order valence-electron chi connectivity index (χ4n) is 2.59. The molecule has 1 unspecified atom stereocenters. The van der Waals surface area contributed by atoms with Gasteiger partial charge in [0.05, 0.1) is 0 Å². The Balaban J connectivity index is 2.02. The second-order valence-corrected chi connectivity index (χ2v) is 4.93. The number of hydrogen-bond donors (Lipinski definition) is 0. The van der Waals surface area contributed by atoms with Gasteiger partial charge in [0.1, 0.15) is 0 Å². The zero-order valence-electron chi connectivity index (χ0n) is 7.93. The van der Waals surface area contributed by atoms with E-state index >= 15 is 0 Å². The van der Waals surface area contributed by atoms with Crippen molar-refractivity contribution in [3.8, 4) is 0 Å². The molecule has 64 valence electrons. The molecule has 1 nitrogen and oxygen atoms in total. The zero-order valence-corrected chi connectivity index (χ0v) is 7.93. The van der Waals surface area contributed by atoms with Gasteiger partial charge >= 0.3 is 0 Å². The molecule has 2 aliphatic rings. The van der Waals surface area contributed by atoms with Crippen LogP contribution in [-0.2, 0) is 0 Å². The maximum Gasteiger partial charge on any atom is 0.0121 e. The first-order valence-electron chi connectivity index (χ1n) is 4.83. The van der Waals surface area contributed by atoms with Crippen molar-refractivity contribution in [1.29, 1.82) is 0 Å². The van der Waals surface area contributed by atoms with Gasteiger partial charge in [-0.2, -0.15) is 0 Å². The molecule has 1 heterocycles. The fourth-order valence-corrected chi connectivity index (χ4v) is 2.59. The SMILES string of the molecule is CC(C)C1CC2(CC2)CN1C. The van der Waals surface area contributed by atoms with Crippen LogP contribution in [-0.4, -0.2) is 24.5 Å². The third-order valence-electron chi connectivity index (χ3n) is 3.52. The Bertz CT molecular complexity index is 158. The molecule has 0 aromatic rings. The number of rotatable bonds is 1. The maximum atomic E-state index is 2.57. The van der Waals surface area contributed by atoms with Crippen molar-refractivity contribution in [3.63, 3.8) is 0 Å². The predicted molar refractivity (Wildman–Crippen MR) is 47.5 cm³/mol. The third-order valence-corrected chi connectivity index (χ3v) is 3.52. The highest BCUT2D eigenvalue weighted by atomic mass is 15.2. The summed E-state index contributed by atoms with van der Waals surface area (Å²) in [6, 6.07) is 0.873. The van der Waals surface area contributed by atoms with E-state index in [0.717, 1.165) is 17.4 Å². The van der Waals surface area contributed by atoms with Gasteiger partial charge in [-0.15, -0.1) is 0 Å². The van der Waals surface area contributed by atoms with E-state index in [9.17, 15) is 0 Å². The Morgan fingerprint density at radius 1 is 1.36 bits per heavy atom. The van der Waals surface area contributed by atoms with Crippen LogP contribution in [0.2, 0.25) is 0 Å². The quantitative estimate of drug-likeness (QED) is 0.558. The smallest absolute Gasteiger partial charge is 0.0121 e. The van der Waals surface area contributed by atoms with Crippen molar-refractivity contribution in [3.05, 3.63) is 0 Å². The molecule has 0 aromatic heterocycles. The summed E-state index contributed by atoms with van der Waals surface area (Å²) in [5.74, 6) is 0.847. The highest BCUT2D eigenvalue weighted by Gasteiger charge is 2.51. The predicted octanol–water partition coefficient (Wildman–Crippen LogP) is 2.13. The molecule has 1 saturated heterocycles. The summed E-state index contributed by atoms with van der Waals surface area (Å²) >= 11 is 0. The molecule has 2 rings (SSSR count). The van der Waals surface area contributed by atoms with Crippen LogP contribution in [0.5, 0.6) is 0 Å². The molecule has 1 saturated carbocycles. The lowest BCUT2D eigenvalue weighted by atomic mass is 9.96. The third kappa shape index (κ3) is 1.20. The fraction of sp³-hybridized carbons (Fsp3) is 1.00. The van der Waals surface area contributed by atoms with E-state index in [1.165, 1.54) is 25.8 Å². The van der Waals surface area contributed by atoms with Gasteiger partial charge in [-0.1, -0.05) is 13.8 Å². The summed E-state index contributed by atoms with van der Waals surface area (Å²) in [7, 11) is 2.29. The second kappa shape index (κ2) is 2.22. The van der Waals surface area contributed by atoms with E-state index in [-0.39, 0.29) is 0 Å². The van der Waals surface area contributed by atoms with Gasteiger partial charge in [0, 0.05) is 12.6 Å². The van der Waals surface area contributed by atoms with Gasteiger partial charge in [-0.25, -0.2) is 0 Å². The van der Waals surface area contributed by atoms with Crippen molar-refractivity contribution in [2.75, 3.05) is 13.6 Å². The van der Waals surface area contributed by atoms with Gasteiger partial charge in [-0.05, 0) is 37.6 Å². The van der Waals surface area contributed by atoms with Crippen LogP contribution < -0.4 is 0 Å². The highest BCUT2D eigenvalue weighted by Crippen LogP contribution is 2.55. The first kappa shape index (κ1) is 7.60. The van der Waals surface area contributed by atoms with Crippen LogP contribution in [0.1, 0.15) is 33.1 Å². The molecule has 11 heavy (non-hydrogen) atoms.